The summed E-state index contributed by atoms with van der Waals surface area (Å²) in [4.78, 5) is 3.70. The summed E-state index contributed by atoms with van der Waals surface area (Å²) in [6, 6.07) is 18.6. The van der Waals surface area contributed by atoms with Gasteiger partial charge in [-0.2, -0.15) is 13.2 Å². The van der Waals surface area contributed by atoms with E-state index in [0.717, 1.165) is 17.8 Å². The van der Waals surface area contributed by atoms with Crippen LogP contribution in [-0.2, 0) is 12.8 Å². The number of halogens is 3. The molecule has 1 heterocycles. The van der Waals surface area contributed by atoms with Gasteiger partial charge < -0.3 is 9.47 Å². The maximum Gasteiger partial charge on any atom is 0.417 e. The summed E-state index contributed by atoms with van der Waals surface area (Å²) < 4.78 is 49.0. The Hall–Kier alpha value is -3.02. The van der Waals surface area contributed by atoms with E-state index in [1.807, 2.05) is 30.3 Å². The Bertz CT molecular complexity index is 818. The minimum Gasteiger partial charge on any atom is -0.485 e. The molecule has 3 nitrogen and oxygen atoms in total. The quantitative estimate of drug-likeness (QED) is 0.614. The molecule has 0 atom stereocenters. The van der Waals surface area contributed by atoms with Gasteiger partial charge >= 0.3 is 6.18 Å². The van der Waals surface area contributed by atoms with Gasteiger partial charge in [-0.25, -0.2) is 4.98 Å². The average Bonchev–Trinajstić information content (AvgIpc) is 2.62. The fourth-order valence-electron chi connectivity index (χ4n) is 2.11. The molecule has 25 heavy (non-hydrogen) atoms. The van der Waals surface area contributed by atoms with Crippen LogP contribution >= 0.6 is 0 Å². The summed E-state index contributed by atoms with van der Waals surface area (Å²) in [5, 5.41) is 0. The Labute approximate surface area is 142 Å². The number of rotatable bonds is 5. The summed E-state index contributed by atoms with van der Waals surface area (Å²) in [6.07, 6.45) is -3.69. The van der Waals surface area contributed by atoms with Crippen molar-refractivity contribution < 1.29 is 22.6 Å². The lowest BCUT2D eigenvalue weighted by atomic mass is 10.2. The second kappa shape index (κ2) is 7.25. The Morgan fingerprint density at radius 3 is 2.12 bits per heavy atom. The smallest absolute Gasteiger partial charge is 0.417 e. The van der Waals surface area contributed by atoms with Crippen molar-refractivity contribution >= 4 is 0 Å². The Kier molecular flexibility index (Phi) is 4.88. The van der Waals surface area contributed by atoms with Crippen molar-refractivity contribution in [2.75, 3.05) is 0 Å². The zero-order valence-electron chi connectivity index (χ0n) is 13.0. The highest BCUT2D eigenvalue weighted by Gasteiger charge is 2.30. The van der Waals surface area contributed by atoms with Gasteiger partial charge in [0.15, 0.2) is 11.5 Å². The Morgan fingerprint density at radius 2 is 1.48 bits per heavy atom. The third-order valence-corrected chi connectivity index (χ3v) is 3.36. The highest BCUT2D eigenvalue weighted by molar-refractivity contribution is 5.42. The molecule has 0 N–H and O–H groups in total. The van der Waals surface area contributed by atoms with Crippen LogP contribution in [0, 0.1) is 0 Å². The molecule has 0 saturated carbocycles. The molecule has 128 valence electrons. The topological polar surface area (TPSA) is 31.4 Å². The molecule has 0 radical (unpaired) electrons. The van der Waals surface area contributed by atoms with Crippen molar-refractivity contribution in [1.82, 2.24) is 4.98 Å². The summed E-state index contributed by atoms with van der Waals surface area (Å²) in [5.74, 6) is 0.919. The van der Waals surface area contributed by atoms with E-state index in [0.29, 0.717) is 18.1 Å². The zero-order chi connectivity index (χ0) is 17.7. The van der Waals surface area contributed by atoms with Gasteiger partial charge in [0.1, 0.15) is 6.61 Å². The molecule has 0 aliphatic rings. The molecule has 0 saturated heterocycles. The predicted octanol–water partition coefficient (Wildman–Crippen LogP) is 5.47. The highest BCUT2D eigenvalue weighted by atomic mass is 19.4. The SMILES string of the molecule is FC(F)(F)c1ccc(Oc2ccccc2OCc2ccccc2)nc1. The number of hydrogen-bond donors (Lipinski definition) is 0. The fourth-order valence-corrected chi connectivity index (χ4v) is 2.11. The number of alkyl halides is 3. The maximum absolute atomic E-state index is 12.6. The molecule has 0 bridgehead atoms. The minimum atomic E-state index is -4.43. The summed E-state index contributed by atoms with van der Waals surface area (Å²) in [7, 11) is 0. The van der Waals surface area contributed by atoms with Crippen LogP contribution in [0.15, 0.2) is 72.9 Å². The van der Waals surface area contributed by atoms with Crippen molar-refractivity contribution in [2.45, 2.75) is 12.8 Å². The van der Waals surface area contributed by atoms with Crippen molar-refractivity contribution in [2.24, 2.45) is 0 Å². The number of ether oxygens (including phenoxy) is 2. The first-order valence-electron chi connectivity index (χ1n) is 7.49. The molecular weight excluding hydrogens is 331 g/mol. The molecule has 0 aliphatic carbocycles. The van der Waals surface area contributed by atoms with E-state index in [-0.39, 0.29) is 5.88 Å². The normalized spacial score (nSPS) is 11.2. The van der Waals surface area contributed by atoms with Crippen molar-refractivity contribution in [3.63, 3.8) is 0 Å². The zero-order valence-corrected chi connectivity index (χ0v) is 13.0. The molecule has 6 heteroatoms. The van der Waals surface area contributed by atoms with Gasteiger partial charge in [0.25, 0.3) is 0 Å². The van der Waals surface area contributed by atoms with Gasteiger partial charge in [0.05, 0.1) is 5.56 Å². The van der Waals surface area contributed by atoms with Gasteiger partial charge in [0.2, 0.25) is 5.88 Å². The second-order valence-corrected chi connectivity index (χ2v) is 5.21. The van der Waals surface area contributed by atoms with Gasteiger partial charge in [0, 0.05) is 12.3 Å². The molecule has 0 fully saturated rings. The van der Waals surface area contributed by atoms with E-state index < -0.39 is 11.7 Å². The van der Waals surface area contributed by atoms with Crippen LogP contribution in [0.5, 0.6) is 17.4 Å². The van der Waals surface area contributed by atoms with E-state index in [1.165, 1.54) is 6.07 Å². The largest absolute Gasteiger partial charge is 0.485 e. The predicted molar refractivity (Wildman–Crippen MR) is 86.5 cm³/mol. The van der Waals surface area contributed by atoms with Gasteiger partial charge in [-0.05, 0) is 23.8 Å². The lowest BCUT2D eigenvalue weighted by molar-refractivity contribution is -0.137. The number of hydrogen-bond acceptors (Lipinski definition) is 3. The van der Waals surface area contributed by atoms with Crippen LogP contribution < -0.4 is 9.47 Å². The first kappa shape index (κ1) is 16.8. The van der Waals surface area contributed by atoms with Crippen LogP contribution in [0.25, 0.3) is 0 Å². The third-order valence-electron chi connectivity index (χ3n) is 3.36. The molecule has 0 unspecified atom stereocenters. The van der Waals surface area contributed by atoms with E-state index >= 15 is 0 Å². The summed E-state index contributed by atoms with van der Waals surface area (Å²) in [5.41, 5.74) is 0.165. The van der Waals surface area contributed by atoms with Gasteiger partial charge in [-0.15, -0.1) is 0 Å². The van der Waals surface area contributed by atoms with E-state index in [4.69, 9.17) is 9.47 Å². The second-order valence-electron chi connectivity index (χ2n) is 5.21. The number of benzene rings is 2. The standard InChI is InChI=1S/C19H14F3NO2/c20-19(21,22)15-10-11-18(23-12-15)25-17-9-5-4-8-16(17)24-13-14-6-2-1-3-7-14/h1-12H,13H2. The monoisotopic (exact) mass is 345 g/mol. The highest BCUT2D eigenvalue weighted by Crippen LogP contribution is 2.33. The number of para-hydroxylation sites is 2. The molecule has 0 amide bonds. The van der Waals surface area contributed by atoms with Crippen LogP contribution in [0.2, 0.25) is 0 Å². The van der Waals surface area contributed by atoms with Crippen LogP contribution in [-0.4, -0.2) is 4.98 Å². The summed E-state index contributed by atoms with van der Waals surface area (Å²) >= 11 is 0. The first-order valence-corrected chi connectivity index (χ1v) is 7.49. The van der Waals surface area contributed by atoms with E-state index in [2.05, 4.69) is 4.98 Å². The first-order chi connectivity index (χ1) is 12.0. The molecule has 3 aromatic rings. The molecular formula is C19H14F3NO2. The van der Waals surface area contributed by atoms with Crippen LogP contribution in [0.4, 0.5) is 13.2 Å². The maximum atomic E-state index is 12.6. The van der Waals surface area contributed by atoms with Crippen molar-refractivity contribution in [1.29, 1.82) is 0 Å². The summed E-state index contributed by atoms with van der Waals surface area (Å²) in [6.45, 7) is 0.349. The number of pyridine rings is 1. The number of nitrogens with zero attached hydrogens (tertiary/aromatic N) is 1. The van der Waals surface area contributed by atoms with Crippen molar-refractivity contribution in [3.8, 4) is 17.4 Å². The van der Waals surface area contributed by atoms with Crippen LogP contribution in [0.3, 0.4) is 0 Å². The van der Waals surface area contributed by atoms with Crippen molar-refractivity contribution in [3.05, 3.63) is 84.1 Å². The van der Waals surface area contributed by atoms with E-state index in [1.54, 1.807) is 24.3 Å². The molecule has 2 aromatic carbocycles. The van der Waals surface area contributed by atoms with E-state index in [9.17, 15) is 13.2 Å². The van der Waals surface area contributed by atoms with Gasteiger partial charge in [-0.3, -0.25) is 0 Å². The Morgan fingerprint density at radius 1 is 0.800 bits per heavy atom. The molecule has 0 aliphatic heterocycles. The number of aromatic nitrogens is 1. The molecule has 3 rings (SSSR count). The molecule has 1 aromatic heterocycles. The lowest BCUT2D eigenvalue weighted by Crippen LogP contribution is -2.05. The fraction of sp³-hybridized carbons (Fsp3) is 0.105. The lowest BCUT2D eigenvalue weighted by Gasteiger charge is -2.12. The Balaban J connectivity index is 1.72. The average molecular weight is 345 g/mol. The minimum absolute atomic E-state index is 0.0590. The van der Waals surface area contributed by atoms with Gasteiger partial charge in [-0.1, -0.05) is 42.5 Å². The molecule has 0 spiro atoms. The third kappa shape index (κ3) is 4.50. The van der Waals surface area contributed by atoms with Crippen LogP contribution in [0.1, 0.15) is 11.1 Å².